The van der Waals surface area contributed by atoms with Crippen molar-refractivity contribution < 1.29 is 14.4 Å². The monoisotopic (exact) mass is 214 g/mol. The van der Waals surface area contributed by atoms with Crippen molar-refractivity contribution in [3.8, 4) is 0 Å². The molecule has 0 unspecified atom stereocenters. The molecule has 0 aliphatic carbocycles. The van der Waals surface area contributed by atoms with Gasteiger partial charge in [-0.15, -0.1) is 0 Å². The van der Waals surface area contributed by atoms with Crippen LogP contribution in [0.5, 0.6) is 0 Å². The van der Waals surface area contributed by atoms with Gasteiger partial charge in [0, 0.05) is 19.3 Å². The summed E-state index contributed by atoms with van der Waals surface area (Å²) in [5.41, 5.74) is 4.98. The number of rotatable bonds is 6. The lowest BCUT2D eigenvalue weighted by Crippen LogP contribution is -2.42. The molecule has 5 nitrogen and oxygen atoms in total. The summed E-state index contributed by atoms with van der Waals surface area (Å²) in [4.78, 5) is 33.1. The first kappa shape index (κ1) is 13.6. The summed E-state index contributed by atoms with van der Waals surface area (Å²) in [6, 6.07) is -0.602. The Labute approximate surface area is 89.4 Å². The Kier molecular flexibility index (Phi) is 5.59. The van der Waals surface area contributed by atoms with Gasteiger partial charge in [-0.05, 0) is 6.42 Å². The summed E-state index contributed by atoms with van der Waals surface area (Å²) >= 11 is 0. The molecule has 1 atom stereocenters. The first-order valence-corrected chi connectivity index (χ1v) is 4.93. The molecule has 0 heterocycles. The maximum absolute atomic E-state index is 11.6. The van der Waals surface area contributed by atoms with Gasteiger partial charge in [-0.3, -0.25) is 14.4 Å². The molecule has 0 radical (unpaired) electrons. The standard InChI is InChI=1S/C10H18N2O3/c1-6(2)10(15)8(12-7(3)13)4-5-9(11)14/h6,8H,4-5H2,1-3H3,(H2,11,14)(H,12,13)/t8-/m0/s1. The van der Waals surface area contributed by atoms with Crippen LogP contribution in [0.2, 0.25) is 0 Å². The van der Waals surface area contributed by atoms with Crippen LogP contribution in [0.25, 0.3) is 0 Å². The molecule has 3 N–H and O–H groups in total. The average molecular weight is 214 g/mol. The zero-order chi connectivity index (χ0) is 12.0. The van der Waals surface area contributed by atoms with Gasteiger partial charge in [0.05, 0.1) is 6.04 Å². The second-order valence-electron chi connectivity index (χ2n) is 3.82. The molecule has 0 aromatic rings. The normalized spacial score (nSPS) is 12.3. The van der Waals surface area contributed by atoms with Crippen molar-refractivity contribution in [3.63, 3.8) is 0 Å². The fourth-order valence-electron chi connectivity index (χ4n) is 1.22. The van der Waals surface area contributed by atoms with Crippen LogP contribution in [0.4, 0.5) is 0 Å². The fraction of sp³-hybridized carbons (Fsp3) is 0.700. The molecular formula is C10H18N2O3. The smallest absolute Gasteiger partial charge is 0.217 e. The number of primary amides is 1. The van der Waals surface area contributed by atoms with E-state index in [4.69, 9.17) is 5.73 Å². The Bertz CT molecular complexity index is 261. The van der Waals surface area contributed by atoms with E-state index >= 15 is 0 Å². The molecule has 86 valence electrons. The van der Waals surface area contributed by atoms with E-state index in [1.54, 1.807) is 13.8 Å². The summed E-state index contributed by atoms with van der Waals surface area (Å²) in [6.07, 6.45) is 0.370. The van der Waals surface area contributed by atoms with Crippen molar-refractivity contribution in [1.82, 2.24) is 5.32 Å². The van der Waals surface area contributed by atoms with Crippen molar-refractivity contribution in [2.45, 2.75) is 39.7 Å². The van der Waals surface area contributed by atoms with Gasteiger partial charge < -0.3 is 11.1 Å². The largest absolute Gasteiger partial charge is 0.370 e. The molecular weight excluding hydrogens is 196 g/mol. The fourth-order valence-corrected chi connectivity index (χ4v) is 1.22. The summed E-state index contributed by atoms with van der Waals surface area (Å²) < 4.78 is 0. The number of amides is 2. The minimum absolute atomic E-state index is 0.0774. The second kappa shape index (κ2) is 6.16. The molecule has 0 aromatic carbocycles. The van der Waals surface area contributed by atoms with E-state index in [1.165, 1.54) is 6.92 Å². The van der Waals surface area contributed by atoms with E-state index in [0.717, 1.165) is 0 Å². The summed E-state index contributed by atoms with van der Waals surface area (Å²) in [6.45, 7) is 4.84. The third-order valence-corrected chi connectivity index (χ3v) is 1.97. The SMILES string of the molecule is CC(=O)N[C@@H](CCC(N)=O)C(=O)C(C)C. The highest BCUT2D eigenvalue weighted by atomic mass is 16.2. The van der Waals surface area contributed by atoms with Crippen LogP contribution in [-0.4, -0.2) is 23.6 Å². The van der Waals surface area contributed by atoms with E-state index in [1.807, 2.05) is 0 Å². The number of Topliss-reactive ketones (excluding diaryl/α,β-unsaturated/α-hetero) is 1. The number of hydrogen-bond donors (Lipinski definition) is 2. The molecule has 0 saturated heterocycles. The van der Waals surface area contributed by atoms with E-state index in [2.05, 4.69) is 5.32 Å². The van der Waals surface area contributed by atoms with E-state index in [9.17, 15) is 14.4 Å². The molecule has 0 spiro atoms. The number of ketones is 1. The first-order valence-electron chi connectivity index (χ1n) is 4.93. The van der Waals surface area contributed by atoms with Gasteiger partial charge >= 0.3 is 0 Å². The Balaban J connectivity index is 4.36. The number of nitrogens with one attached hydrogen (secondary N) is 1. The van der Waals surface area contributed by atoms with Gasteiger partial charge in [0.15, 0.2) is 5.78 Å². The maximum atomic E-state index is 11.6. The van der Waals surface area contributed by atoms with Crippen LogP contribution in [0, 0.1) is 5.92 Å². The quantitative estimate of drug-likeness (QED) is 0.651. The van der Waals surface area contributed by atoms with Gasteiger partial charge in [-0.25, -0.2) is 0 Å². The van der Waals surface area contributed by atoms with Crippen molar-refractivity contribution in [2.24, 2.45) is 11.7 Å². The van der Waals surface area contributed by atoms with Crippen LogP contribution in [-0.2, 0) is 14.4 Å². The molecule has 0 fully saturated rings. The van der Waals surface area contributed by atoms with Crippen LogP contribution < -0.4 is 11.1 Å². The van der Waals surface area contributed by atoms with Gasteiger partial charge in [0.25, 0.3) is 0 Å². The van der Waals surface area contributed by atoms with Gasteiger partial charge in [-0.1, -0.05) is 13.8 Å². The highest BCUT2D eigenvalue weighted by molar-refractivity contribution is 5.90. The Morgan fingerprint density at radius 1 is 1.27 bits per heavy atom. The predicted molar refractivity (Wildman–Crippen MR) is 55.9 cm³/mol. The zero-order valence-corrected chi connectivity index (χ0v) is 9.37. The highest BCUT2D eigenvalue weighted by Crippen LogP contribution is 2.05. The lowest BCUT2D eigenvalue weighted by molar-refractivity contribution is -0.129. The molecule has 2 amide bonds. The molecule has 0 rings (SSSR count). The molecule has 15 heavy (non-hydrogen) atoms. The zero-order valence-electron chi connectivity index (χ0n) is 9.37. The first-order chi connectivity index (χ1) is 6.84. The van der Waals surface area contributed by atoms with Crippen LogP contribution in [0.15, 0.2) is 0 Å². The van der Waals surface area contributed by atoms with Gasteiger partial charge in [0.1, 0.15) is 0 Å². The van der Waals surface area contributed by atoms with Crippen LogP contribution in [0.3, 0.4) is 0 Å². The van der Waals surface area contributed by atoms with Crippen molar-refractivity contribution in [3.05, 3.63) is 0 Å². The van der Waals surface area contributed by atoms with E-state index in [-0.39, 0.29) is 30.4 Å². The molecule has 5 heteroatoms. The lowest BCUT2D eigenvalue weighted by Gasteiger charge is -2.17. The summed E-state index contributed by atoms with van der Waals surface area (Å²) in [5.74, 6) is -0.999. The topological polar surface area (TPSA) is 89.3 Å². The van der Waals surface area contributed by atoms with E-state index in [0.29, 0.717) is 0 Å². The lowest BCUT2D eigenvalue weighted by atomic mass is 9.98. The third-order valence-electron chi connectivity index (χ3n) is 1.97. The Morgan fingerprint density at radius 2 is 1.80 bits per heavy atom. The average Bonchev–Trinajstić information content (AvgIpc) is 2.10. The van der Waals surface area contributed by atoms with Crippen LogP contribution >= 0.6 is 0 Å². The van der Waals surface area contributed by atoms with Crippen LogP contribution in [0.1, 0.15) is 33.6 Å². The number of nitrogens with two attached hydrogens (primary N) is 1. The predicted octanol–water partition coefficient (Wildman–Crippen LogP) is -0.0183. The third kappa shape index (κ3) is 5.83. The minimum atomic E-state index is -0.602. The minimum Gasteiger partial charge on any atom is -0.370 e. The molecule has 0 aliphatic rings. The van der Waals surface area contributed by atoms with Crippen molar-refractivity contribution in [1.29, 1.82) is 0 Å². The molecule has 0 aromatic heterocycles. The van der Waals surface area contributed by atoms with E-state index < -0.39 is 11.9 Å². The number of carbonyl (C=O) groups is 3. The Morgan fingerprint density at radius 3 is 2.13 bits per heavy atom. The second-order valence-corrected chi connectivity index (χ2v) is 3.82. The Hall–Kier alpha value is -1.39. The molecule has 0 bridgehead atoms. The van der Waals surface area contributed by atoms with Crippen molar-refractivity contribution in [2.75, 3.05) is 0 Å². The van der Waals surface area contributed by atoms with Gasteiger partial charge in [0.2, 0.25) is 11.8 Å². The number of hydrogen-bond acceptors (Lipinski definition) is 3. The number of carbonyl (C=O) groups excluding carboxylic acids is 3. The summed E-state index contributed by atoms with van der Waals surface area (Å²) in [7, 11) is 0. The summed E-state index contributed by atoms with van der Waals surface area (Å²) in [5, 5.41) is 2.52. The molecule has 0 aliphatic heterocycles. The highest BCUT2D eigenvalue weighted by Gasteiger charge is 2.22. The maximum Gasteiger partial charge on any atom is 0.217 e. The molecule has 0 saturated carbocycles. The van der Waals surface area contributed by atoms with Gasteiger partial charge in [-0.2, -0.15) is 0 Å². The van der Waals surface area contributed by atoms with Crippen molar-refractivity contribution >= 4 is 17.6 Å².